The monoisotopic (exact) mass is 269 g/mol. The average Bonchev–Trinajstić information content (AvgIpc) is 2.27. The van der Waals surface area contributed by atoms with E-state index in [4.69, 9.17) is 0 Å². The van der Waals surface area contributed by atoms with Crippen molar-refractivity contribution in [2.24, 2.45) is 0 Å². The van der Waals surface area contributed by atoms with Gasteiger partial charge in [-0.05, 0) is 24.3 Å². The zero-order chi connectivity index (χ0) is 14.0. The van der Waals surface area contributed by atoms with Gasteiger partial charge in [0, 0.05) is 12.6 Å². The third kappa shape index (κ3) is 3.08. The van der Waals surface area contributed by atoms with E-state index >= 15 is 0 Å². The molecule has 0 saturated carbocycles. The van der Waals surface area contributed by atoms with Gasteiger partial charge in [0.1, 0.15) is 5.75 Å². The number of carbonyl (C=O) groups is 1. The Kier molecular flexibility index (Phi) is 3.78. The summed E-state index contributed by atoms with van der Waals surface area (Å²) >= 11 is 0. The molecule has 1 amide bonds. The summed E-state index contributed by atoms with van der Waals surface area (Å²) in [7, 11) is 1.35. The molecule has 0 unspecified atom stereocenters. The van der Waals surface area contributed by atoms with Gasteiger partial charge in [-0.25, -0.2) is 0 Å². The Labute approximate surface area is 98.5 Å². The van der Waals surface area contributed by atoms with E-state index in [2.05, 4.69) is 10.1 Å². The quantitative estimate of drug-likeness (QED) is 0.856. The molecule has 3 nitrogen and oxygen atoms in total. The first-order valence-electron chi connectivity index (χ1n) is 4.63. The zero-order valence-corrected chi connectivity index (χ0v) is 9.02. The molecule has 0 spiro atoms. The van der Waals surface area contributed by atoms with Crippen LogP contribution in [0.4, 0.5) is 22.0 Å². The van der Waals surface area contributed by atoms with Crippen LogP contribution in [0.15, 0.2) is 24.3 Å². The molecule has 0 saturated heterocycles. The lowest BCUT2D eigenvalue weighted by Gasteiger charge is -2.20. The molecule has 1 N–H and O–H groups in total. The average molecular weight is 269 g/mol. The molecule has 0 atom stereocenters. The zero-order valence-electron chi connectivity index (χ0n) is 9.02. The molecular weight excluding hydrogens is 261 g/mol. The fourth-order valence-electron chi connectivity index (χ4n) is 1.02. The van der Waals surface area contributed by atoms with Gasteiger partial charge in [0.25, 0.3) is 5.91 Å². The van der Waals surface area contributed by atoms with Gasteiger partial charge in [-0.2, -0.15) is 22.0 Å². The Morgan fingerprint density at radius 1 is 1.11 bits per heavy atom. The van der Waals surface area contributed by atoms with Crippen molar-refractivity contribution in [2.45, 2.75) is 12.3 Å². The molecule has 0 heterocycles. The standard InChI is InChI=1S/C10H8F5NO2/c1-16-8(17)6-2-4-7(5-3-6)18-10(14,15)9(11,12)13/h2-5H,1H3,(H,16,17). The van der Waals surface area contributed by atoms with Gasteiger partial charge in [0.05, 0.1) is 0 Å². The van der Waals surface area contributed by atoms with E-state index in [9.17, 15) is 26.7 Å². The number of hydrogen-bond acceptors (Lipinski definition) is 2. The molecule has 8 heteroatoms. The molecule has 1 aromatic rings. The molecule has 0 aliphatic rings. The van der Waals surface area contributed by atoms with Crippen LogP contribution < -0.4 is 10.1 Å². The van der Waals surface area contributed by atoms with Crippen LogP contribution >= 0.6 is 0 Å². The summed E-state index contributed by atoms with van der Waals surface area (Å²) < 4.78 is 64.1. The van der Waals surface area contributed by atoms with Crippen LogP contribution in [0.25, 0.3) is 0 Å². The number of halogens is 5. The van der Waals surface area contributed by atoms with Crippen molar-refractivity contribution >= 4 is 5.91 Å². The highest BCUT2D eigenvalue weighted by Gasteiger charge is 2.61. The summed E-state index contributed by atoms with van der Waals surface area (Å²) in [5.74, 6) is -1.19. The highest BCUT2D eigenvalue weighted by Crippen LogP contribution is 2.37. The van der Waals surface area contributed by atoms with Crippen molar-refractivity contribution in [3.05, 3.63) is 29.8 Å². The summed E-state index contributed by atoms with van der Waals surface area (Å²) in [6, 6.07) is 3.84. The predicted octanol–water partition coefficient (Wildman–Crippen LogP) is 2.58. The normalized spacial score (nSPS) is 12.1. The molecule has 0 bridgehead atoms. The second-order valence-corrected chi connectivity index (χ2v) is 3.22. The lowest BCUT2D eigenvalue weighted by Crippen LogP contribution is -2.41. The van der Waals surface area contributed by atoms with Gasteiger partial charge < -0.3 is 10.1 Å². The Hall–Kier alpha value is -1.86. The molecule has 0 fully saturated rings. The van der Waals surface area contributed by atoms with E-state index in [1.165, 1.54) is 7.05 Å². The van der Waals surface area contributed by atoms with Gasteiger partial charge in [-0.3, -0.25) is 4.79 Å². The van der Waals surface area contributed by atoms with Gasteiger partial charge in [-0.15, -0.1) is 0 Å². The van der Waals surface area contributed by atoms with E-state index in [0.717, 1.165) is 24.3 Å². The molecule has 0 radical (unpaired) electrons. The predicted molar refractivity (Wildman–Crippen MR) is 51.5 cm³/mol. The minimum atomic E-state index is -5.80. The minimum Gasteiger partial charge on any atom is -0.426 e. The first-order chi connectivity index (χ1) is 8.17. The number of alkyl halides is 5. The molecule has 0 aliphatic carbocycles. The molecule has 0 aromatic heterocycles. The van der Waals surface area contributed by atoms with Crippen LogP contribution in [0.5, 0.6) is 5.75 Å². The van der Waals surface area contributed by atoms with Gasteiger partial charge in [0.2, 0.25) is 0 Å². The van der Waals surface area contributed by atoms with Crippen LogP contribution in [0.3, 0.4) is 0 Å². The Morgan fingerprint density at radius 3 is 2.00 bits per heavy atom. The summed E-state index contributed by atoms with van der Waals surface area (Å²) in [6.45, 7) is 0. The van der Waals surface area contributed by atoms with Gasteiger partial charge >= 0.3 is 12.3 Å². The number of ether oxygens (including phenoxy) is 1. The lowest BCUT2D eigenvalue weighted by molar-refractivity contribution is -0.360. The molecule has 100 valence electrons. The molecular formula is C10H8F5NO2. The van der Waals surface area contributed by atoms with Crippen molar-refractivity contribution in [3.8, 4) is 5.75 Å². The van der Waals surface area contributed by atoms with Crippen molar-refractivity contribution in [1.29, 1.82) is 0 Å². The summed E-state index contributed by atoms with van der Waals surface area (Å²) in [5, 5.41) is 2.27. The first kappa shape index (κ1) is 14.2. The SMILES string of the molecule is CNC(=O)c1ccc(OC(F)(F)C(F)(F)F)cc1. The maximum atomic E-state index is 12.5. The summed E-state index contributed by atoms with van der Waals surface area (Å²) in [6.07, 6.45) is -11.1. The minimum absolute atomic E-state index is 0.111. The van der Waals surface area contributed by atoms with Crippen molar-refractivity contribution in [1.82, 2.24) is 5.32 Å². The number of carbonyl (C=O) groups excluding carboxylic acids is 1. The second-order valence-electron chi connectivity index (χ2n) is 3.22. The van der Waals surface area contributed by atoms with Crippen molar-refractivity contribution < 1.29 is 31.5 Å². The van der Waals surface area contributed by atoms with E-state index in [-0.39, 0.29) is 5.56 Å². The van der Waals surface area contributed by atoms with Gasteiger partial charge in [-0.1, -0.05) is 0 Å². The smallest absolute Gasteiger partial charge is 0.426 e. The van der Waals surface area contributed by atoms with Crippen LogP contribution in [-0.4, -0.2) is 25.2 Å². The van der Waals surface area contributed by atoms with Crippen molar-refractivity contribution in [3.63, 3.8) is 0 Å². The van der Waals surface area contributed by atoms with Crippen LogP contribution in [0, 0.1) is 0 Å². The van der Waals surface area contributed by atoms with E-state index < -0.39 is 23.9 Å². The maximum Gasteiger partial charge on any atom is 0.499 e. The van der Waals surface area contributed by atoms with E-state index in [1.807, 2.05) is 0 Å². The number of rotatable bonds is 3. The largest absolute Gasteiger partial charge is 0.499 e. The van der Waals surface area contributed by atoms with E-state index in [0.29, 0.717) is 0 Å². The molecule has 1 rings (SSSR count). The highest BCUT2D eigenvalue weighted by molar-refractivity contribution is 5.94. The number of nitrogens with one attached hydrogen (secondary N) is 1. The van der Waals surface area contributed by atoms with Crippen LogP contribution in [0.1, 0.15) is 10.4 Å². The Morgan fingerprint density at radius 2 is 1.61 bits per heavy atom. The summed E-state index contributed by atoms with van der Waals surface area (Å²) in [5.41, 5.74) is 0.111. The van der Waals surface area contributed by atoms with Gasteiger partial charge in [0.15, 0.2) is 0 Å². The maximum absolute atomic E-state index is 12.5. The van der Waals surface area contributed by atoms with Crippen LogP contribution in [-0.2, 0) is 0 Å². The lowest BCUT2D eigenvalue weighted by atomic mass is 10.2. The second kappa shape index (κ2) is 4.79. The third-order valence-corrected chi connectivity index (χ3v) is 1.92. The molecule has 1 aromatic carbocycles. The Balaban J connectivity index is 2.85. The third-order valence-electron chi connectivity index (χ3n) is 1.92. The van der Waals surface area contributed by atoms with Crippen LogP contribution in [0.2, 0.25) is 0 Å². The fraction of sp³-hybridized carbons (Fsp3) is 0.300. The topological polar surface area (TPSA) is 38.3 Å². The highest BCUT2D eigenvalue weighted by atomic mass is 19.4. The molecule has 0 aliphatic heterocycles. The fourth-order valence-corrected chi connectivity index (χ4v) is 1.02. The number of benzene rings is 1. The Bertz CT molecular complexity index is 427. The van der Waals surface area contributed by atoms with E-state index in [1.54, 1.807) is 0 Å². The number of hydrogen-bond donors (Lipinski definition) is 1. The first-order valence-corrected chi connectivity index (χ1v) is 4.63. The molecule has 18 heavy (non-hydrogen) atoms. The number of amides is 1. The summed E-state index contributed by atoms with van der Waals surface area (Å²) in [4.78, 5) is 11.1. The van der Waals surface area contributed by atoms with Crippen molar-refractivity contribution in [2.75, 3.05) is 7.05 Å².